The third kappa shape index (κ3) is 51.8. The van der Waals surface area contributed by atoms with Crippen molar-refractivity contribution in [3.05, 3.63) is 0 Å². The number of aliphatic carboxylic acids is 1. The smallest absolute Gasteiger partial charge is 2.00 e. The molecule has 0 aliphatic heterocycles. The van der Waals surface area contributed by atoms with E-state index in [4.69, 9.17) is 22.6 Å². The van der Waals surface area contributed by atoms with Crippen LogP contribution in [0.4, 0.5) is 0 Å². The Balaban J connectivity index is -0.000000333. The topological polar surface area (TPSA) is 140 Å². The molecule has 0 radical (unpaired) electrons. The monoisotopic (exact) mass is 462 g/mol. The Kier molecular flexibility index (Phi) is 33.1. The molecule has 0 spiro atoms. The van der Waals surface area contributed by atoms with Crippen molar-refractivity contribution in [2.24, 2.45) is 0 Å². The maximum Gasteiger partial charge on any atom is 2.00 e. The molecule has 0 heterocycles. The Morgan fingerprint density at radius 3 is 1.11 bits per heavy atom. The van der Waals surface area contributed by atoms with Gasteiger partial charge >= 0.3 is 35.8 Å². The quantitative estimate of drug-likeness (QED) is 0.155. The van der Waals surface area contributed by atoms with Crippen LogP contribution in [0, 0.1) is 0 Å². The predicted molar refractivity (Wildman–Crippen MR) is 102 cm³/mol. The zero-order valence-electron chi connectivity index (χ0n) is 16.9. The molecule has 0 aromatic rings. The van der Waals surface area contributed by atoms with Crippen molar-refractivity contribution < 1.29 is 52.4 Å². The van der Waals surface area contributed by atoms with Crippen molar-refractivity contribution in [2.45, 2.75) is 110 Å². The van der Waals surface area contributed by atoms with E-state index in [1.165, 1.54) is 83.5 Å². The van der Waals surface area contributed by atoms with Gasteiger partial charge < -0.3 is 10.6 Å². The van der Waals surface area contributed by atoms with Gasteiger partial charge in [-0.2, -0.15) is 8.42 Å². The van der Waals surface area contributed by atoms with E-state index in [1.807, 2.05) is 0 Å². The number of hydrogen-bond donors (Lipinski definition) is 3. The largest absolute Gasteiger partial charge is 2.00 e. The Hall–Kier alpha value is -0.0766. The third-order valence-electron chi connectivity index (χ3n) is 3.99. The standard InChI is InChI=1S/C18H36O2.H2O4S.O.Zn/c1-2-3-4-5-6-7-8-9-10-11-12-13-14-15-16-17-18(19)20;1-5(2,3)4;;/h2-17H2,1H3,(H,19,20);(H2,1,2,3,4);;/q;;-2;+2. The van der Waals surface area contributed by atoms with Gasteiger partial charge in [-0.05, 0) is 6.42 Å². The molecule has 0 atom stereocenters. The molecule has 0 unspecified atom stereocenters. The fourth-order valence-electron chi connectivity index (χ4n) is 2.65. The number of hydrogen-bond acceptors (Lipinski definition) is 3. The van der Waals surface area contributed by atoms with Gasteiger partial charge in [-0.25, -0.2) is 0 Å². The Labute approximate surface area is 178 Å². The average Bonchev–Trinajstić information content (AvgIpc) is 2.49. The van der Waals surface area contributed by atoms with Crippen molar-refractivity contribution in [2.75, 3.05) is 0 Å². The summed E-state index contributed by atoms with van der Waals surface area (Å²) < 4.78 is 31.6. The van der Waals surface area contributed by atoms with E-state index < -0.39 is 16.4 Å². The van der Waals surface area contributed by atoms with Gasteiger partial charge in [-0.1, -0.05) is 96.8 Å². The van der Waals surface area contributed by atoms with Crippen LogP contribution < -0.4 is 0 Å². The van der Waals surface area contributed by atoms with Crippen LogP contribution >= 0.6 is 0 Å². The Morgan fingerprint density at radius 1 is 0.667 bits per heavy atom. The summed E-state index contributed by atoms with van der Waals surface area (Å²) in [5.41, 5.74) is 0. The van der Waals surface area contributed by atoms with Crippen LogP contribution in [-0.4, -0.2) is 28.6 Å². The molecule has 3 N–H and O–H groups in total. The maximum absolute atomic E-state index is 10.3. The van der Waals surface area contributed by atoms with Crippen LogP contribution in [0.5, 0.6) is 0 Å². The first kappa shape index (κ1) is 34.4. The molecule has 0 fully saturated rings. The van der Waals surface area contributed by atoms with Gasteiger partial charge in [0.1, 0.15) is 0 Å². The van der Waals surface area contributed by atoms with Crippen LogP contribution in [-0.2, 0) is 40.1 Å². The number of rotatable bonds is 16. The van der Waals surface area contributed by atoms with Crippen LogP contribution in [0.3, 0.4) is 0 Å². The van der Waals surface area contributed by atoms with Crippen molar-refractivity contribution in [1.82, 2.24) is 0 Å². The van der Waals surface area contributed by atoms with Crippen LogP contribution in [0.25, 0.3) is 0 Å². The van der Waals surface area contributed by atoms with Gasteiger partial charge in [0.05, 0.1) is 0 Å². The Morgan fingerprint density at radius 2 is 0.889 bits per heavy atom. The molecule has 160 valence electrons. The van der Waals surface area contributed by atoms with Crippen molar-refractivity contribution in [3.63, 3.8) is 0 Å². The van der Waals surface area contributed by atoms with E-state index in [0.717, 1.165) is 12.8 Å². The van der Waals surface area contributed by atoms with Gasteiger partial charge in [0.15, 0.2) is 0 Å². The predicted octanol–water partition coefficient (Wildman–Crippen LogP) is 5.56. The van der Waals surface area contributed by atoms with E-state index >= 15 is 0 Å². The van der Waals surface area contributed by atoms with Gasteiger partial charge in [-0.3, -0.25) is 13.9 Å². The summed E-state index contributed by atoms with van der Waals surface area (Å²) in [6.07, 6.45) is 20.2. The fraction of sp³-hybridized carbons (Fsp3) is 0.944. The van der Waals surface area contributed by atoms with Crippen LogP contribution in [0.2, 0.25) is 0 Å². The summed E-state index contributed by atoms with van der Waals surface area (Å²) >= 11 is 0. The van der Waals surface area contributed by atoms with Gasteiger partial charge in [0.2, 0.25) is 0 Å². The summed E-state index contributed by atoms with van der Waals surface area (Å²) in [5, 5.41) is 8.52. The van der Waals surface area contributed by atoms with E-state index in [0.29, 0.717) is 6.42 Å². The second-order valence-corrected chi connectivity index (χ2v) is 7.44. The first-order valence-corrected chi connectivity index (χ1v) is 11.1. The Bertz CT molecular complexity index is 381. The summed E-state index contributed by atoms with van der Waals surface area (Å²) in [7, 11) is -4.67. The molecule has 0 saturated carbocycles. The van der Waals surface area contributed by atoms with E-state index in [2.05, 4.69) is 6.92 Å². The molecule has 0 aliphatic carbocycles. The summed E-state index contributed by atoms with van der Waals surface area (Å²) in [6.45, 7) is 2.27. The van der Waals surface area contributed by atoms with Crippen LogP contribution in [0.1, 0.15) is 110 Å². The van der Waals surface area contributed by atoms with Crippen LogP contribution in [0.15, 0.2) is 0 Å². The first-order chi connectivity index (χ1) is 11.8. The third-order valence-corrected chi connectivity index (χ3v) is 3.99. The molecule has 0 saturated heterocycles. The molecule has 7 nitrogen and oxygen atoms in total. The fourth-order valence-corrected chi connectivity index (χ4v) is 2.65. The molecular weight excluding hydrogens is 426 g/mol. The second-order valence-electron chi connectivity index (χ2n) is 6.54. The first-order valence-electron chi connectivity index (χ1n) is 9.69. The average molecular weight is 464 g/mol. The molecule has 0 aromatic carbocycles. The molecule has 0 rings (SSSR count). The van der Waals surface area contributed by atoms with Crippen molar-refractivity contribution >= 4 is 16.4 Å². The van der Waals surface area contributed by atoms with Crippen molar-refractivity contribution in [3.8, 4) is 0 Å². The van der Waals surface area contributed by atoms with E-state index in [-0.39, 0.29) is 25.0 Å². The van der Waals surface area contributed by atoms with Crippen molar-refractivity contribution in [1.29, 1.82) is 0 Å². The molecule has 0 aromatic heterocycles. The minimum Gasteiger partial charge on any atom is -2.00 e. The summed E-state index contributed by atoms with van der Waals surface area (Å²) in [6, 6.07) is 0. The summed E-state index contributed by atoms with van der Waals surface area (Å²) in [5.74, 6) is -0.653. The number of carboxylic acids is 1. The molecular formula is C18H38O7SZn. The molecule has 0 aliphatic rings. The molecule has 9 heteroatoms. The molecule has 27 heavy (non-hydrogen) atoms. The number of unbranched alkanes of at least 4 members (excludes halogenated alkanes) is 14. The minimum atomic E-state index is -4.67. The normalized spacial score (nSPS) is 10.2. The van der Waals surface area contributed by atoms with Gasteiger partial charge in [-0.15, -0.1) is 0 Å². The minimum absolute atomic E-state index is 0. The van der Waals surface area contributed by atoms with Gasteiger partial charge in [0, 0.05) is 6.42 Å². The number of carbonyl (C=O) groups is 1. The summed E-state index contributed by atoms with van der Waals surface area (Å²) in [4.78, 5) is 10.3. The van der Waals surface area contributed by atoms with Gasteiger partial charge in [0.25, 0.3) is 0 Å². The number of carboxylic acid groups (broad SMARTS) is 1. The molecule has 0 bridgehead atoms. The maximum atomic E-state index is 10.3. The molecule has 0 amide bonds. The SMILES string of the molecule is CCCCCCCCCCCCCCCCCC(=O)O.O=S(=O)(O)O.[O-2].[Zn+2]. The second kappa shape index (κ2) is 25.9. The zero-order chi connectivity index (χ0) is 19.4. The van der Waals surface area contributed by atoms with E-state index in [1.54, 1.807) is 0 Å². The zero-order valence-corrected chi connectivity index (χ0v) is 20.7. The van der Waals surface area contributed by atoms with E-state index in [9.17, 15) is 4.79 Å².